The third-order valence-corrected chi connectivity index (χ3v) is 4.25. The molecule has 1 aromatic heterocycles. The maximum atomic E-state index is 8.57. The minimum atomic E-state index is 0.0404. The van der Waals surface area contributed by atoms with Crippen LogP contribution >= 0.6 is 0 Å². The van der Waals surface area contributed by atoms with E-state index in [2.05, 4.69) is 19.9 Å². The summed E-state index contributed by atoms with van der Waals surface area (Å²) in [5.74, 6) is 1.44. The standard InChI is InChI=1S/C20H25N7O/c1-13(2)28-15-4-5-17(22)16(8-15)20(23)18-9-19(26-12-25-18)27-10-14(11-27)24-7-3-6-21/h3-9,12-14,23H,10-11,21-22H2,1-2H3. The number of anilines is 2. The van der Waals surface area contributed by atoms with Gasteiger partial charge in [-0.3, -0.25) is 10.4 Å². The molecule has 1 fully saturated rings. The van der Waals surface area contributed by atoms with Gasteiger partial charge in [-0.05, 0) is 44.3 Å². The molecular formula is C20H25N7O. The van der Waals surface area contributed by atoms with Crippen LogP contribution in [-0.2, 0) is 0 Å². The first-order chi connectivity index (χ1) is 13.5. The van der Waals surface area contributed by atoms with Crippen LogP contribution in [-0.4, -0.2) is 47.1 Å². The number of rotatable bonds is 7. The fourth-order valence-corrected chi connectivity index (χ4v) is 2.85. The highest BCUT2D eigenvalue weighted by molar-refractivity contribution is 6.13. The van der Waals surface area contributed by atoms with Gasteiger partial charge < -0.3 is 21.1 Å². The van der Waals surface area contributed by atoms with Gasteiger partial charge in [0.25, 0.3) is 0 Å². The summed E-state index contributed by atoms with van der Waals surface area (Å²) in [6.45, 7) is 5.43. The Labute approximate surface area is 164 Å². The SMILES string of the molecule is CC(C)Oc1ccc(N)c(C(=N)c2cc(N3CC(N=CC=CN)C3)ncn2)c1. The quantitative estimate of drug-likeness (QED) is 0.499. The molecule has 2 aromatic rings. The summed E-state index contributed by atoms with van der Waals surface area (Å²) in [6, 6.07) is 7.35. The molecule has 1 aliphatic heterocycles. The first kappa shape index (κ1) is 19.3. The molecule has 0 radical (unpaired) electrons. The smallest absolute Gasteiger partial charge is 0.132 e. The van der Waals surface area contributed by atoms with Gasteiger partial charge in [0.15, 0.2) is 0 Å². The predicted octanol–water partition coefficient (Wildman–Crippen LogP) is 1.99. The second kappa shape index (κ2) is 8.51. The molecule has 1 aromatic carbocycles. The van der Waals surface area contributed by atoms with Crippen LogP contribution in [0.15, 0.2) is 47.9 Å². The van der Waals surface area contributed by atoms with E-state index in [-0.39, 0.29) is 17.9 Å². The van der Waals surface area contributed by atoms with Crippen LogP contribution in [0.25, 0.3) is 0 Å². The van der Waals surface area contributed by atoms with Gasteiger partial charge in [0, 0.05) is 36.6 Å². The second-order valence-corrected chi connectivity index (χ2v) is 6.79. The number of ether oxygens (including phenoxy) is 1. The summed E-state index contributed by atoms with van der Waals surface area (Å²) in [7, 11) is 0. The monoisotopic (exact) mass is 379 g/mol. The zero-order valence-corrected chi connectivity index (χ0v) is 16.0. The van der Waals surface area contributed by atoms with E-state index >= 15 is 0 Å². The Kier molecular flexibility index (Phi) is 5.88. The number of nitrogens with zero attached hydrogens (tertiary/aromatic N) is 4. The molecule has 0 atom stereocenters. The lowest BCUT2D eigenvalue weighted by atomic mass is 10.0. The number of benzene rings is 1. The predicted molar refractivity (Wildman–Crippen MR) is 112 cm³/mol. The number of aromatic nitrogens is 2. The average Bonchev–Trinajstić information content (AvgIpc) is 2.64. The van der Waals surface area contributed by atoms with Crippen molar-refractivity contribution >= 4 is 23.4 Å². The Morgan fingerprint density at radius 2 is 2.11 bits per heavy atom. The molecule has 0 saturated carbocycles. The molecule has 0 unspecified atom stereocenters. The van der Waals surface area contributed by atoms with Crippen molar-refractivity contribution in [2.45, 2.75) is 26.0 Å². The summed E-state index contributed by atoms with van der Waals surface area (Å²) in [4.78, 5) is 15.1. The van der Waals surface area contributed by atoms with Crippen molar-refractivity contribution < 1.29 is 4.74 Å². The van der Waals surface area contributed by atoms with Crippen LogP contribution in [0.3, 0.4) is 0 Å². The molecule has 2 heterocycles. The zero-order chi connectivity index (χ0) is 20.1. The normalized spacial score (nSPS) is 14.8. The van der Waals surface area contributed by atoms with Crippen LogP contribution in [0.2, 0.25) is 0 Å². The van der Waals surface area contributed by atoms with E-state index in [1.165, 1.54) is 12.5 Å². The third kappa shape index (κ3) is 4.46. The van der Waals surface area contributed by atoms with E-state index in [4.69, 9.17) is 21.6 Å². The van der Waals surface area contributed by atoms with Crippen LogP contribution < -0.4 is 21.1 Å². The molecule has 28 heavy (non-hydrogen) atoms. The molecule has 5 N–H and O–H groups in total. The van der Waals surface area contributed by atoms with Gasteiger partial charge in [0.2, 0.25) is 0 Å². The summed E-state index contributed by atoms with van der Waals surface area (Å²) in [5, 5.41) is 8.57. The minimum absolute atomic E-state index is 0.0404. The number of nitrogens with one attached hydrogen (secondary N) is 1. The van der Waals surface area contributed by atoms with Crippen molar-refractivity contribution in [3.63, 3.8) is 0 Å². The first-order valence-corrected chi connectivity index (χ1v) is 9.10. The highest BCUT2D eigenvalue weighted by Gasteiger charge is 2.27. The van der Waals surface area contributed by atoms with Gasteiger partial charge in [-0.1, -0.05) is 0 Å². The summed E-state index contributed by atoms with van der Waals surface area (Å²) in [6.07, 6.45) is 6.37. The van der Waals surface area contributed by atoms with E-state index in [1.54, 1.807) is 36.6 Å². The first-order valence-electron chi connectivity index (χ1n) is 9.10. The van der Waals surface area contributed by atoms with Gasteiger partial charge in [-0.15, -0.1) is 0 Å². The zero-order valence-electron chi connectivity index (χ0n) is 16.0. The fraction of sp³-hybridized carbons (Fsp3) is 0.300. The molecule has 1 aliphatic rings. The van der Waals surface area contributed by atoms with Gasteiger partial charge in [-0.2, -0.15) is 0 Å². The van der Waals surface area contributed by atoms with Crippen molar-refractivity contribution in [1.29, 1.82) is 5.41 Å². The third-order valence-electron chi connectivity index (χ3n) is 4.25. The molecule has 0 bridgehead atoms. The Hall–Kier alpha value is -3.42. The van der Waals surface area contributed by atoms with E-state index in [0.717, 1.165) is 18.9 Å². The van der Waals surface area contributed by atoms with Gasteiger partial charge in [0.1, 0.15) is 17.9 Å². The molecular weight excluding hydrogens is 354 g/mol. The second-order valence-electron chi connectivity index (χ2n) is 6.79. The number of nitrogen functional groups attached to an aromatic ring is 1. The largest absolute Gasteiger partial charge is 0.491 e. The van der Waals surface area contributed by atoms with Crippen molar-refractivity contribution in [1.82, 2.24) is 9.97 Å². The van der Waals surface area contributed by atoms with Gasteiger partial charge in [0.05, 0.1) is 23.6 Å². The fourth-order valence-electron chi connectivity index (χ4n) is 2.85. The van der Waals surface area contributed by atoms with Crippen molar-refractivity contribution in [3.05, 3.63) is 54.1 Å². The molecule has 0 spiro atoms. The molecule has 1 saturated heterocycles. The van der Waals surface area contributed by atoms with Gasteiger partial charge >= 0.3 is 0 Å². The summed E-state index contributed by atoms with van der Waals surface area (Å²) >= 11 is 0. The Morgan fingerprint density at radius 3 is 2.82 bits per heavy atom. The van der Waals surface area contributed by atoms with Crippen molar-refractivity contribution in [2.75, 3.05) is 23.7 Å². The van der Waals surface area contributed by atoms with Crippen LogP contribution in [0.5, 0.6) is 5.75 Å². The lowest BCUT2D eigenvalue weighted by Gasteiger charge is -2.37. The number of allylic oxidation sites excluding steroid dienone is 1. The number of aliphatic imine (C=N–C) groups is 1. The maximum Gasteiger partial charge on any atom is 0.132 e. The van der Waals surface area contributed by atoms with E-state index in [0.29, 0.717) is 22.7 Å². The molecule has 0 aliphatic carbocycles. The maximum absolute atomic E-state index is 8.57. The Bertz CT molecular complexity index is 901. The topological polar surface area (TPSA) is 126 Å². The van der Waals surface area contributed by atoms with Crippen molar-refractivity contribution in [2.24, 2.45) is 10.7 Å². The highest BCUT2D eigenvalue weighted by Crippen LogP contribution is 2.25. The lowest BCUT2D eigenvalue weighted by molar-refractivity contribution is 0.242. The number of hydrogen-bond donors (Lipinski definition) is 3. The Morgan fingerprint density at radius 1 is 1.32 bits per heavy atom. The van der Waals surface area contributed by atoms with Crippen LogP contribution in [0.1, 0.15) is 25.1 Å². The summed E-state index contributed by atoms with van der Waals surface area (Å²) < 4.78 is 5.72. The van der Waals surface area contributed by atoms with E-state index < -0.39 is 0 Å². The molecule has 8 nitrogen and oxygen atoms in total. The molecule has 0 amide bonds. The minimum Gasteiger partial charge on any atom is -0.491 e. The Balaban J connectivity index is 1.75. The van der Waals surface area contributed by atoms with E-state index in [9.17, 15) is 0 Å². The van der Waals surface area contributed by atoms with Gasteiger partial charge in [-0.25, -0.2) is 9.97 Å². The number of hydrogen-bond acceptors (Lipinski definition) is 8. The van der Waals surface area contributed by atoms with Crippen LogP contribution in [0, 0.1) is 5.41 Å². The highest BCUT2D eigenvalue weighted by atomic mass is 16.5. The van der Waals surface area contributed by atoms with Crippen LogP contribution in [0.4, 0.5) is 11.5 Å². The van der Waals surface area contributed by atoms with E-state index in [1.807, 2.05) is 13.8 Å². The molecule has 3 rings (SSSR count). The lowest BCUT2D eigenvalue weighted by Crippen LogP contribution is -2.50. The molecule has 8 heteroatoms. The summed E-state index contributed by atoms with van der Waals surface area (Å²) in [5.41, 5.74) is 13.2. The average molecular weight is 379 g/mol. The molecule has 146 valence electrons. The van der Waals surface area contributed by atoms with Crippen molar-refractivity contribution in [3.8, 4) is 5.75 Å². The number of nitrogens with two attached hydrogens (primary N) is 2.